The van der Waals surface area contributed by atoms with Gasteiger partial charge in [0.05, 0.1) is 11.0 Å². The lowest BCUT2D eigenvalue weighted by Crippen LogP contribution is -2.28. The molecule has 0 saturated carbocycles. The Bertz CT molecular complexity index is 399. The Morgan fingerprint density at radius 3 is 2.72 bits per heavy atom. The third-order valence-corrected chi connectivity index (χ3v) is 3.14. The number of ether oxygens (including phenoxy) is 1. The summed E-state index contributed by atoms with van der Waals surface area (Å²) in [6.07, 6.45) is 2.62. The predicted molar refractivity (Wildman–Crippen MR) is 68.4 cm³/mol. The first-order valence-electron chi connectivity index (χ1n) is 6.18. The molecule has 1 aliphatic rings. The number of non-ortho nitro benzene ring substituents is 1. The zero-order chi connectivity index (χ0) is 13.0. The molecular weight excluding hydrogens is 232 g/mol. The van der Waals surface area contributed by atoms with E-state index < -0.39 is 0 Å². The van der Waals surface area contributed by atoms with Crippen LogP contribution in [0.25, 0.3) is 0 Å². The lowest BCUT2D eigenvalue weighted by molar-refractivity contribution is -0.384. The van der Waals surface area contributed by atoms with E-state index in [2.05, 4.69) is 4.90 Å². The van der Waals surface area contributed by atoms with Crippen molar-refractivity contribution in [3.05, 3.63) is 39.9 Å². The van der Waals surface area contributed by atoms with Gasteiger partial charge in [0.2, 0.25) is 0 Å². The lowest BCUT2D eigenvalue weighted by atomic mass is 10.2. The van der Waals surface area contributed by atoms with Gasteiger partial charge in [0, 0.05) is 31.8 Å². The van der Waals surface area contributed by atoms with E-state index in [1.165, 1.54) is 0 Å². The second kappa shape index (κ2) is 5.93. The van der Waals surface area contributed by atoms with Gasteiger partial charge in [-0.05, 0) is 25.5 Å². The Balaban J connectivity index is 1.86. The molecule has 5 heteroatoms. The summed E-state index contributed by atoms with van der Waals surface area (Å²) in [4.78, 5) is 12.4. The van der Waals surface area contributed by atoms with E-state index in [4.69, 9.17) is 4.74 Å². The number of nitro benzene ring substituents is 1. The molecule has 0 aliphatic carbocycles. The fraction of sp³-hybridized carbons (Fsp3) is 0.538. The maximum absolute atomic E-state index is 10.5. The fourth-order valence-electron chi connectivity index (χ4n) is 2.24. The molecule has 5 nitrogen and oxygen atoms in total. The standard InChI is InChI=1S/C13H18N2O3/c1-14(10-13-3-2-8-18-13)9-11-4-6-12(7-5-11)15(16)17/h4-7,13H,2-3,8-10H2,1H3/t13-/m0/s1. The van der Waals surface area contributed by atoms with Gasteiger partial charge in [0.15, 0.2) is 0 Å². The number of hydrogen-bond donors (Lipinski definition) is 0. The topological polar surface area (TPSA) is 55.6 Å². The van der Waals surface area contributed by atoms with E-state index in [1.807, 2.05) is 19.2 Å². The van der Waals surface area contributed by atoms with Gasteiger partial charge >= 0.3 is 0 Å². The third kappa shape index (κ3) is 3.51. The molecule has 2 rings (SSSR count). The molecule has 1 fully saturated rings. The summed E-state index contributed by atoms with van der Waals surface area (Å²) in [5.74, 6) is 0. The van der Waals surface area contributed by atoms with Gasteiger partial charge in [-0.25, -0.2) is 0 Å². The second-order valence-electron chi connectivity index (χ2n) is 4.76. The van der Waals surface area contributed by atoms with Crippen molar-refractivity contribution in [3.63, 3.8) is 0 Å². The highest BCUT2D eigenvalue weighted by Crippen LogP contribution is 2.16. The van der Waals surface area contributed by atoms with Crippen molar-refractivity contribution in [3.8, 4) is 0 Å². The molecule has 1 aromatic carbocycles. The molecule has 0 bridgehead atoms. The molecule has 0 amide bonds. The van der Waals surface area contributed by atoms with E-state index in [0.29, 0.717) is 6.10 Å². The van der Waals surface area contributed by atoms with Gasteiger partial charge in [-0.3, -0.25) is 15.0 Å². The maximum atomic E-state index is 10.5. The summed E-state index contributed by atoms with van der Waals surface area (Å²) >= 11 is 0. The second-order valence-corrected chi connectivity index (χ2v) is 4.76. The zero-order valence-corrected chi connectivity index (χ0v) is 10.5. The van der Waals surface area contributed by atoms with E-state index in [9.17, 15) is 10.1 Å². The SMILES string of the molecule is CN(Cc1ccc([N+](=O)[O-])cc1)C[C@@H]1CCCO1. The van der Waals surface area contributed by atoms with E-state index in [-0.39, 0.29) is 10.6 Å². The van der Waals surface area contributed by atoms with Crippen molar-refractivity contribution in [1.29, 1.82) is 0 Å². The normalized spacial score (nSPS) is 19.3. The summed E-state index contributed by atoms with van der Waals surface area (Å²) in [6.45, 7) is 2.57. The molecular formula is C13H18N2O3. The predicted octanol–water partition coefficient (Wildman–Crippen LogP) is 2.21. The minimum absolute atomic E-state index is 0.139. The Hall–Kier alpha value is -1.46. The van der Waals surface area contributed by atoms with Crippen molar-refractivity contribution < 1.29 is 9.66 Å². The summed E-state index contributed by atoms with van der Waals surface area (Å²) in [7, 11) is 2.04. The highest BCUT2D eigenvalue weighted by Gasteiger charge is 2.17. The van der Waals surface area contributed by atoms with E-state index in [0.717, 1.165) is 38.1 Å². The van der Waals surface area contributed by atoms with E-state index in [1.54, 1.807) is 12.1 Å². The minimum atomic E-state index is -0.375. The Morgan fingerprint density at radius 1 is 1.44 bits per heavy atom. The van der Waals surface area contributed by atoms with Crippen LogP contribution in [0.1, 0.15) is 18.4 Å². The molecule has 0 unspecified atom stereocenters. The number of likely N-dealkylation sites (N-methyl/N-ethyl adjacent to an activating group) is 1. The van der Waals surface area contributed by atoms with Crippen LogP contribution in [0.4, 0.5) is 5.69 Å². The quantitative estimate of drug-likeness (QED) is 0.594. The van der Waals surface area contributed by atoms with Gasteiger partial charge < -0.3 is 4.74 Å². The first-order valence-corrected chi connectivity index (χ1v) is 6.18. The van der Waals surface area contributed by atoms with E-state index >= 15 is 0 Å². The molecule has 0 radical (unpaired) electrons. The van der Waals surface area contributed by atoms with Crippen LogP contribution < -0.4 is 0 Å². The van der Waals surface area contributed by atoms with Crippen molar-refractivity contribution in [1.82, 2.24) is 4.90 Å². The number of nitrogens with zero attached hydrogens (tertiary/aromatic N) is 2. The van der Waals surface area contributed by atoms with Crippen molar-refractivity contribution in [2.24, 2.45) is 0 Å². The average molecular weight is 250 g/mol. The molecule has 1 heterocycles. The van der Waals surface area contributed by atoms with Gasteiger partial charge in [-0.1, -0.05) is 12.1 Å². The molecule has 1 saturated heterocycles. The molecule has 18 heavy (non-hydrogen) atoms. The van der Waals surface area contributed by atoms with Crippen LogP contribution in [0.3, 0.4) is 0 Å². The van der Waals surface area contributed by atoms with Crippen molar-refractivity contribution >= 4 is 5.69 Å². The fourth-order valence-corrected chi connectivity index (χ4v) is 2.24. The molecule has 1 atom stereocenters. The Morgan fingerprint density at radius 2 is 2.17 bits per heavy atom. The lowest BCUT2D eigenvalue weighted by Gasteiger charge is -2.20. The van der Waals surface area contributed by atoms with Gasteiger partial charge in [0.1, 0.15) is 0 Å². The number of benzene rings is 1. The summed E-state index contributed by atoms with van der Waals surface area (Å²) in [6, 6.07) is 6.72. The smallest absolute Gasteiger partial charge is 0.269 e. The Kier molecular flexibility index (Phi) is 4.28. The van der Waals surface area contributed by atoms with Crippen molar-refractivity contribution in [2.75, 3.05) is 20.2 Å². The van der Waals surface area contributed by atoms with Crippen LogP contribution >= 0.6 is 0 Å². The van der Waals surface area contributed by atoms with Gasteiger partial charge in [-0.2, -0.15) is 0 Å². The highest BCUT2D eigenvalue weighted by molar-refractivity contribution is 5.32. The zero-order valence-electron chi connectivity index (χ0n) is 10.5. The first-order chi connectivity index (χ1) is 8.65. The molecule has 0 spiro atoms. The van der Waals surface area contributed by atoms with Crippen molar-refractivity contribution in [2.45, 2.75) is 25.5 Å². The number of nitro groups is 1. The van der Waals surface area contributed by atoms with Crippen LogP contribution in [-0.4, -0.2) is 36.1 Å². The average Bonchev–Trinajstić information content (AvgIpc) is 2.82. The van der Waals surface area contributed by atoms with Gasteiger partial charge in [0.25, 0.3) is 5.69 Å². The van der Waals surface area contributed by atoms with Crippen LogP contribution in [0.2, 0.25) is 0 Å². The molecule has 1 aliphatic heterocycles. The summed E-state index contributed by atoms with van der Waals surface area (Å²) in [5, 5.41) is 10.5. The van der Waals surface area contributed by atoms with Crippen LogP contribution in [0.5, 0.6) is 0 Å². The third-order valence-electron chi connectivity index (χ3n) is 3.14. The maximum Gasteiger partial charge on any atom is 0.269 e. The number of hydrogen-bond acceptors (Lipinski definition) is 4. The first kappa shape index (κ1) is 13.0. The van der Waals surface area contributed by atoms with Crippen LogP contribution in [-0.2, 0) is 11.3 Å². The van der Waals surface area contributed by atoms with Crippen LogP contribution in [0, 0.1) is 10.1 Å². The number of rotatable bonds is 5. The highest BCUT2D eigenvalue weighted by atomic mass is 16.6. The molecule has 1 aromatic rings. The monoisotopic (exact) mass is 250 g/mol. The molecule has 0 aromatic heterocycles. The molecule has 0 N–H and O–H groups in total. The Labute approximate surface area is 107 Å². The minimum Gasteiger partial charge on any atom is -0.377 e. The van der Waals surface area contributed by atoms with Crippen LogP contribution in [0.15, 0.2) is 24.3 Å². The molecule has 98 valence electrons. The van der Waals surface area contributed by atoms with Gasteiger partial charge in [-0.15, -0.1) is 0 Å². The summed E-state index contributed by atoms with van der Waals surface area (Å²) < 4.78 is 5.58. The largest absolute Gasteiger partial charge is 0.377 e. The summed E-state index contributed by atoms with van der Waals surface area (Å²) in [5.41, 5.74) is 1.22.